The number of carbonyl (C=O) groups excluding carboxylic acids is 1. The van der Waals surface area contributed by atoms with Gasteiger partial charge in [0.15, 0.2) is 0 Å². The van der Waals surface area contributed by atoms with Crippen LogP contribution in [0.1, 0.15) is 67.7 Å². The first-order valence-electron chi connectivity index (χ1n) is 8.18. The smallest absolute Gasteiger partial charge is 0.407 e. The number of carbonyl (C=O) groups is 1. The highest BCUT2D eigenvalue weighted by atomic mass is 16.6. The lowest BCUT2D eigenvalue weighted by Crippen LogP contribution is -2.37. The van der Waals surface area contributed by atoms with Crippen molar-refractivity contribution in [3.63, 3.8) is 0 Å². The van der Waals surface area contributed by atoms with Crippen LogP contribution in [0.2, 0.25) is 0 Å². The number of nitrogens with two attached hydrogens (primary N) is 1. The van der Waals surface area contributed by atoms with Gasteiger partial charge in [0.05, 0.1) is 12.2 Å². The third-order valence-electron chi connectivity index (χ3n) is 3.17. The molecule has 0 aliphatic rings. The van der Waals surface area contributed by atoms with E-state index in [1.165, 1.54) is 0 Å². The van der Waals surface area contributed by atoms with Crippen LogP contribution in [0.5, 0.6) is 0 Å². The summed E-state index contributed by atoms with van der Waals surface area (Å²) in [7, 11) is 0. The van der Waals surface area contributed by atoms with Crippen LogP contribution in [0.4, 0.5) is 4.79 Å². The number of alkyl carbamates (subject to hydrolysis) is 1. The van der Waals surface area contributed by atoms with Crippen molar-refractivity contribution in [3.05, 3.63) is 0 Å². The number of hydrogen-bond donors (Lipinski definition) is 2. The van der Waals surface area contributed by atoms with E-state index in [0.717, 1.165) is 12.8 Å². The summed E-state index contributed by atoms with van der Waals surface area (Å²) in [5.74, 6) is 0. The van der Waals surface area contributed by atoms with E-state index in [9.17, 15) is 4.79 Å². The molecule has 0 aromatic heterocycles. The summed E-state index contributed by atoms with van der Waals surface area (Å²) < 4.78 is 11.4. The highest BCUT2D eigenvalue weighted by molar-refractivity contribution is 5.67. The molecular formula is C17H36N2O3. The Kier molecular flexibility index (Phi) is 8.40. The minimum atomic E-state index is -0.551. The molecule has 0 unspecified atom stereocenters. The van der Waals surface area contributed by atoms with Crippen LogP contribution in [0.15, 0.2) is 0 Å². The first-order chi connectivity index (χ1) is 9.87. The molecule has 1 amide bonds. The van der Waals surface area contributed by atoms with Gasteiger partial charge in [-0.3, -0.25) is 0 Å². The molecule has 0 spiro atoms. The molecule has 22 heavy (non-hydrogen) atoms. The number of rotatable bonds is 9. The molecule has 132 valence electrons. The zero-order valence-electron chi connectivity index (χ0n) is 15.5. The van der Waals surface area contributed by atoms with Gasteiger partial charge >= 0.3 is 6.09 Å². The summed E-state index contributed by atoms with van der Waals surface area (Å²) in [5.41, 5.74) is 4.87. The molecule has 0 radical (unpaired) electrons. The first kappa shape index (κ1) is 21.2. The van der Waals surface area contributed by atoms with Crippen LogP contribution < -0.4 is 11.1 Å². The van der Waals surface area contributed by atoms with Crippen LogP contribution in [0, 0.1) is 5.41 Å². The van der Waals surface area contributed by atoms with E-state index in [1.54, 1.807) is 0 Å². The molecule has 0 bridgehead atoms. The van der Waals surface area contributed by atoms with E-state index in [1.807, 2.05) is 13.8 Å². The maximum absolute atomic E-state index is 11.7. The molecule has 5 nitrogen and oxygen atoms in total. The zero-order chi connectivity index (χ0) is 17.4. The van der Waals surface area contributed by atoms with Crippen molar-refractivity contribution in [3.8, 4) is 0 Å². The Hall–Kier alpha value is -0.810. The minimum Gasteiger partial charge on any atom is -0.443 e. The van der Waals surface area contributed by atoms with Gasteiger partial charge in [0.2, 0.25) is 0 Å². The summed E-state index contributed by atoms with van der Waals surface area (Å²) >= 11 is 0. The van der Waals surface area contributed by atoms with Gasteiger partial charge in [-0.05, 0) is 52.5 Å². The molecule has 0 aliphatic carbocycles. The highest BCUT2D eigenvalue weighted by Crippen LogP contribution is 2.30. The number of hydrogen-bond acceptors (Lipinski definition) is 4. The van der Waals surface area contributed by atoms with Crippen molar-refractivity contribution in [2.45, 2.75) is 78.9 Å². The molecule has 0 atom stereocenters. The van der Waals surface area contributed by atoms with Crippen molar-refractivity contribution in [2.24, 2.45) is 11.1 Å². The summed E-state index contributed by atoms with van der Waals surface area (Å²) in [6.07, 6.45) is 1.98. The summed E-state index contributed by atoms with van der Waals surface area (Å²) in [4.78, 5) is 11.7. The highest BCUT2D eigenvalue weighted by Gasteiger charge is 2.28. The average Bonchev–Trinajstić information content (AvgIpc) is 2.24. The quantitative estimate of drug-likeness (QED) is 0.639. The van der Waals surface area contributed by atoms with E-state index in [2.05, 4.69) is 39.9 Å². The Bertz CT molecular complexity index is 333. The summed E-state index contributed by atoms with van der Waals surface area (Å²) in [6.45, 7) is 16.3. The predicted octanol–water partition coefficient (Wildman–Crippen LogP) is 3.46. The van der Waals surface area contributed by atoms with E-state index < -0.39 is 11.7 Å². The van der Waals surface area contributed by atoms with Crippen molar-refractivity contribution in [2.75, 3.05) is 19.7 Å². The molecule has 0 heterocycles. The number of nitrogens with one attached hydrogen (secondary N) is 1. The average molecular weight is 316 g/mol. The zero-order valence-corrected chi connectivity index (χ0v) is 15.5. The predicted molar refractivity (Wildman–Crippen MR) is 91.0 cm³/mol. The Balaban J connectivity index is 4.13. The van der Waals surface area contributed by atoms with Crippen LogP contribution in [-0.2, 0) is 9.47 Å². The lowest BCUT2D eigenvalue weighted by molar-refractivity contribution is -0.0660. The topological polar surface area (TPSA) is 73.6 Å². The molecule has 3 N–H and O–H groups in total. The fraction of sp³-hybridized carbons (Fsp3) is 0.941. The van der Waals surface area contributed by atoms with Crippen LogP contribution in [0.3, 0.4) is 0 Å². The molecule has 0 aliphatic heterocycles. The largest absolute Gasteiger partial charge is 0.443 e. The second-order valence-electron chi connectivity index (χ2n) is 8.31. The van der Waals surface area contributed by atoms with E-state index >= 15 is 0 Å². The normalized spacial score (nSPS) is 13.1. The van der Waals surface area contributed by atoms with Gasteiger partial charge in [-0.25, -0.2) is 4.79 Å². The van der Waals surface area contributed by atoms with Crippen LogP contribution >= 0.6 is 0 Å². The van der Waals surface area contributed by atoms with E-state index in [4.69, 9.17) is 15.2 Å². The monoisotopic (exact) mass is 316 g/mol. The molecule has 0 rings (SSSR count). The standard InChI is InChI=1S/C17H36N2O3/c1-15(2,3)13-17(6,7)21-12-9-16(4,5)22-14(20)19-11-8-10-18/h8-13,18H2,1-7H3,(H,19,20). The number of amides is 1. The molecule has 0 saturated carbocycles. The van der Waals surface area contributed by atoms with Crippen molar-refractivity contribution >= 4 is 6.09 Å². The van der Waals surface area contributed by atoms with Crippen molar-refractivity contribution < 1.29 is 14.3 Å². The Morgan fingerprint density at radius 2 is 1.64 bits per heavy atom. The maximum Gasteiger partial charge on any atom is 0.407 e. The van der Waals surface area contributed by atoms with Gasteiger partial charge in [0.25, 0.3) is 0 Å². The maximum atomic E-state index is 11.7. The van der Waals surface area contributed by atoms with Gasteiger partial charge in [-0.1, -0.05) is 20.8 Å². The second-order valence-corrected chi connectivity index (χ2v) is 8.31. The summed E-state index contributed by atoms with van der Waals surface area (Å²) in [5, 5.41) is 2.70. The Morgan fingerprint density at radius 3 is 2.14 bits per heavy atom. The lowest BCUT2D eigenvalue weighted by atomic mass is 9.83. The van der Waals surface area contributed by atoms with Gasteiger partial charge in [-0.15, -0.1) is 0 Å². The second kappa shape index (κ2) is 8.73. The summed E-state index contributed by atoms with van der Waals surface area (Å²) in [6, 6.07) is 0. The SMILES string of the molecule is CC(C)(C)CC(C)(C)OCCC(C)(C)OC(=O)NCCCN. The lowest BCUT2D eigenvalue weighted by Gasteiger charge is -2.34. The van der Waals surface area contributed by atoms with E-state index in [-0.39, 0.29) is 11.0 Å². The van der Waals surface area contributed by atoms with Gasteiger partial charge in [0.1, 0.15) is 5.60 Å². The Labute approximate surface area is 136 Å². The van der Waals surface area contributed by atoms with Crippen molar-refractivity contribution in [1.29, 1.82) is 0 Å². The minimum absolute atomic E-state index is 0.183. The van der Waals surface area contributed by atoms with E-state index in [0.29, 0.717) is 26.1 Å². The molecule has 5 heteroatoms. The third kappa shape index (κ3) is 11.8. The fourth-order valence-electron chi connectivity index (χ4n) is 2.53. The fourth-order valence-corrected chi connectivity index (χ4v) is 2.53. The number of ether oxygens (including phenoxy) is 2. The van der Waals surface area contributed by atoms with Crippen LogP contribution in [-0.4, -0.2) is 37.0 Å². The molecule has 0 saturated heterocycles. The Morgan fingerprint density at radius 1 is 1.05 bits per heavy atom. The van der Waals surface area contributed by atoms with Gasteiger partial charge < -0.3 is 20.5 Å². The molecule has 0 fully saturated rings. The first-order valence-corrected chi connectivity index (χ1v) is 8.18. The molecule has 0 aromatic carbocycles. The van der Waals surface area contributed by atoms with Gasteiger partial charge in [-0.2, -0.15) is 0 Å². The molecule has 0 aromatic rings. The van der Waals surface area contributed by atoms with Gasteiger partial charge in [0, 0.05) is 13.0 Å². The molecular weight excluding hydrogens is 280 g/mol. The third-order valence-corrected chi connectivity index (χ3v) is 3.17. The van der Waals surface area contributed by atoms with Crippen LogP contribution in [0.25, 0.3) is 0 Å². The van der Waals surface area contributed by atoms with Crippen molar-refractivity contribution in [1.82, 2.24) is 5.32 Å².